The van der Waals surface area contributed by atoms with E-state index in [9.17, 15) is 14.9 Å². The summed E-state index contributed by atoms with van der Waals surface area (Å²) in [6, 6.07) is 2.07. The van der Waals surface area contributed by atoms with Gasteiger partial charge in [-0.3, -0.25) is 19.1 Å². The maximum atomic E-state index is 13.2. The molecule has 0 aliphatic carbocycles. The quantitative estimate of drug-likeness (QED) is 0.343. The summed E-state index contributed by atoms with van der Waals surface area (Å²) in [6.45, 7) is 11.5. The lowest BCUT2D eigenvalue weighted by atomic mass is 10.0. The molecule has 0 unspecified atom stereocenters. The molecule has 3 heterocycles. The highest BCUT2D eigenvalue weighted by Crippen LogP contribution is 2.35. The van der Waals surface area contributed by atoms with E-state index in [4.69, 9.17) is 12.2 Å². The molecule has 1 N–H and O–H groups in total. The van der Waals surface area contributed by atoms with Crippen molar-refractivity contribution >= 4 is 46.1 Å². The van der Waals surface area contributed by atoms with Crippen molar-refractivity contribution in [3.8, 4) is 6.07 Å². The molecule has 0 spiro atoms. The van der Waals surface area contributed by atoms with Gasteiger partial charge in [0.05, 0.1) is 37.6 Å². The summed E-state index contributed by atoms with van der Waals surface area (Å²) < 4.78 is 2.15. The van der Waals surface area contributed by atoms with Gasteiger partial charge in [0.15, 0.2) is 0 Å². The summed E-state index contributed by atoms with van der Waals surface area (Å²) in [5, 5.41) is 9.65. The molecule has 9 heteroatoms. The van der Waals surface area contributed by atoms with E-state index in [1.54, 1.807) is 23.4 Å². The lowest BCUT2D eigenvalue weighted by molar-refractivity contribution is -0.898. The van der Waals surface area contributed by atoms with Gasteiger partial charge in [0.1, 0.15) is 21.8 Å². The topological polar surface area (TPSA) is 73.8 Å². The van der Waals surface area contributed by atoms with Crippen LogP contribution in [0.5, 0.6) is 0 Å². The molecule has 0 aromatic carbocycles. The summed E-state index contributed by atoms with van der Waals surface area (Å²) in [4.78, 5) is 32.1. The van der Waals surface area contributed by atoms with E-state index in [-0.39, 0.29) is 17.0 Å². The Morgan fingerprint density at radius 1 is 1.18 bits per heavy atom. The normalized spacial score (nSPS) is 18.5. The largest absolute Gasteiger partial charge is 0.346 e. The zero-order valence-corrected chi connectivity index (χ0v) is 21.7. The number of anilines is 1. The highest BCUT2D eigenvalue weighted by atomic mass is 32.2. The Morgan fingerprint density at radius 3 is 2.48 bits per heavy atom. The van der Waals surface area contributed by atoms with Crippen LogP contribution < -0.4 is 15.4 Å². The molecule has 0 atom stereocenters. The number of nitriles is 1. The Kier molecular flexibility index (Phi) is 8.74. The number of nitrogens with zero attached hydrogens (tertiary/aromatic N) is 4. The minimum absolute atomic E-state index is 0.0838. The van der Waals surface area contributed by atoms with Gasteiger partial charge in [-0.1, -0.05) is 50.2 Å². The first-order chi connectivity index (χ1) is 15.8. The monoisotopic (exact) mass is 488 g/mol. The van der Waals surface area contributed by atoms with Gasteiger partial charge in [-0.05, 0) is 31.9 Å². The SMILES string of the molecule is CCCCCCN1C(=O)/C(=C/c2c(C)c(C#N)c(=O)n(C)c2N2CC[NH+](CC)CC2)SC1=S. The van der Waals surface area contributed by atoms with Gasteiger partial charge in [0.2, 0.25) is 0 Å². The number of unbranched alkanes of at least 4 members (excludes halogenated alkanes) is 3. The van der Waals surface area contributed by atoms with E-state index < -0.39 is 0 Å². The molecule has 1 aromatic heterocycles. The standard InChI is InChI=1S/C24H33N5O2S2/c1-5-7-8-9-10-29-23(31)20(33-24(29)32)15-18-17(3)19(16-25)22(30)26(4)21(18)28-13-11-27(6-2)12-14-28/h15H,5-14H2,1-4H3/p+1/b20-15-. The summed E-state index contributed by atoms with van der Waals surface area (Å²) >= 11 is 6.82. The van der Waals surface area contributed by atoms with Gasteiger partial charge >= 0.3 is 0 Å². The number of hydrogen-bond donors (Lipinski definition) is 1. The Balaban J connectivity index is 2.00. The Morgan fingerprint density at radius 2 is 1.88 bits per heavy atom. The summed E-state index contributed by atoms with van der Waals surface area (Å²) in [5.74, 6) is 0.694. The van der Waals surface area contributed by atoms with Crippen LogP contribution in [0.4, 0.5) is 5.82 Å². The third kappa shape index (κ3) is 5.34. The average Bonchev–Trinajstić information content (AvgIpc) is 3.08. The summed E-state index contributed by atoms with van der Waals surface area (Å²) in [7, 11) is 1.72. The number of amides is 1. The van der Waals surface area contributed by atoms with Gasteiger partial charge in [-0.25, -0.2) is 0 Å². The lowest BCUT2D eigenvalue weighted by Gasteiger charge is -2.35. The zero-order valence-electron chi connectivity index (χ0n) is 20.1. The predicted octanol–water partition coefficient (Wildman–Crippen LogP) is 2.07. The molecule has 1 aromatic rings. The molecular weight excluding hydrogens is 454 g/mol. The fourth-order valence-electron chi connectivity index (χ4n) is 4.50. The Labute approximate surface area is 206 Å². The van der Waals surface area contributed by atoms with Crippen LogP contribution >= 0.6 is 24.0 Å². The zero-order chi connectivity index (χ0) is 24.1. The number of hydrogen-bond acceptors (Lipinski definition) is 6. The molecule has 7 nitrogen and oxygen atoms in total. The third-order valence-corrected chi connectivity index (χ3v) is 8.00. The number of thioether (sulfide) groups is 1. The van der Waals surface area contributed by atoms with Gasteiger partial charge in [-0.2, -0.15) is 5.26 Å². The second kappa shape index (κ2) is 11.3. The second-order valence-corrected chi connectivity index (χ2v) is 10.4. The molecule has 33 heavy (non-hydrogen) atoms. The predicted molar refractivity (Wildman–Crippen MR) is 139 cm³/mol. The lowest BCUT2D eigenvalue weighted by Crippen LogP contribution is -3.14. The number of carbonyl (C=O) groups is 1. The molecule has 178 valence electrons. The number of likely N-dealkylation sites (N-methyl/N-ethyl adjacent to an activating group) is 1. The number of quaternary nitrogens is 1. The minimum atomic E-state index is -0.295. The first-order valence-corrected chi connectivity index (χ1v) is 13.0. The molecule has 0 bridgehead atoms. The smallest absolute Gasteiger partial charge is 0.270 e. The fourth-order valence-corrected chi connectivity index (χ4v) is 5.79. The number of rotatable bonds is 8. The summed E-state index contributed by atoms with van der Waals surface area (Å²) in [5.41, 5.74) is 1.21. The number of nitrogens with one attached hydrogen (secondary N) is 1. The van der Waals surface area contributed by atoms with E-state index in [2.05, 4.69) is 24.8 Å². The minimum Gasteiger partial charge on any atom is -0.346 e. The Hall–Kier alpha value is -2.15. The van der Waals surface area contributed by atoms with Crippen molar-refractivity contribution in [2.45, 2.75) is 46.5 Å². The van der Waals surface area contributed by atoms with E-state index in [0.29, 0.717) is 21.3 Å². The second-order valence-electron chi connectivity index (χ2n) is 8.70. The van der Waals surface area contributed by atoms with Crippen molar-refractivity contribution < 1.29 is 9.69 Å². The Bertz CT molecular complexity index is 1050. The fraction of sp³-hybridized carbons (Fsp3) is 0.583. The van der Waals surface area contributed by atoms with Crippen LogP contribution in [0, 0.1) is 18.3 Å². The number of thiocarbonyl (C=S) groups is 1. The van der Waals surface area contributed by atoms with Crippen molar-refractivity contribution in [2.75, 3.05) is 44.2 Å². The van der Waals surface area contributed by atoms with Gasteiger partial charge in [-0.15, -0.1) is 0 Å². The molecule has 2 aliphatic rings. The van der Waals surface area contributed by atoms with Crippen molar-refractivity contribution in [3.05, 3.63) is 31.9 Å². The van der Waals surface area contributed by atoms with Crippen LogP contribution in [-0.2, 0) is 11.8 Å². The first-order valence-electron chi connectivity index (χ1n) is 11.8. The highest BCUT2D eigenvalue weighted by Gasteiger charge is 2.33. The van der Waals surface area contributed by atoms with E-state index in [0.717, 1.165) is 69.8 Å². The number of piperazine rings is 1. The molecule has 0 radical (unpaired) electrons. The van der Waals surface area contributed by atoms with Gasteiger partial charge < -0.3 is 9.80 Å². The maximum absolute atomic E-state index is 13.2. The van der Waals surface area contributed by atoms with Gasteiger partial charge in [0.25, 0.3) is 11.5 Å². The molecule has 2 fully saturated rings. The van der Waals surface area contributed by atoms with Crippen LogP contribution in [0.2, 0.25) is 0 Å². The first kappa shape index (κ1) is 25.5. The van der Waals surface area contributed by atoms with E-state index in [1.165, 1.54) is 16.7 Å². The van der Waals surface area contributed by atoms with Crippen LogP contribution in [0.3, 0.4) is 0 Å². The number of carbonyl (C=O) groups excluding carboxylic acids is 1. The summed E-state index contributed by atoms with van der Waals surface area (Å²) in [6.07, 6.45) is 6.14. The third-order valence-electron chi connectivity index (χ3n) is 6.62. The highest BCUT2D eigenvalue weighted by molar-refractivity contribution is 8.26. The average molecular weight is 489 g/mol. The van der Waals surface area contributed by atoms with Crippen molar-refractivity contribution in [3.63, 3.8) is 0 Å². The van der Waals surface area contributed by atoms with Crippen LogP contribution in [0.15, 0.2) is 9.70 Å². The molecule has 3 rings (SSSR count). The number of aromatic nitrogens is 1. The molecule has 1 amide bonds. The van der Waals surface area contributed by atoms with Crippen LogP contribution in [0.1, 0.15) is 56.2 Å². The molecular formula is C24H34N5O2S2+. The molecule has 2 aliphatic heterocycles. The maximum Gasteiger partial charge on any atom is 0.270 e. The number of pyridine rings is 1. The van der Waals surface area contributed by atoms with E-state index in [1.807, 2.05) is 6.08 Å². The van der Waals surface area contributed by atoms with Gasteiger partial charge in [0, 0.05) is 19.2 Å². The van der Waals surface area contributed by atoms with Crippen LogP contribution in [-0.4, -0.2) is 59.0 Å². The molecule has 0 saturated carbocycles. The van der Waals surface area contributed by atoms with Crippen molar-refractivity contribution in [1.29, 1.82) is 5.26 Å². The van der Waals surface area contributed by atoms with Crippen molar-refractivity contribution in [1.82, 2.24) is 9.47 Å². The molecule has 2 saturated heterocycles. The van der Waals surface area contributed by atoms with Crippen LogP contribution in [0.25, 0.3) is 6.08 Å². The van der Waals surface area contributed by atoms with Crippen molar-refractivity contribution in [2.24, 2.45) is 7.05 Å². The van der Waals surface area contributed by atoms with E-state index >= 15 is 0 Å².